The van der Waals surface area contributed by atoms with Gasteiger partial charge in [0, 0.05) is 28.3 Å². The number of anilines is 1. The Morgan fingerprint density at radius 1 is 1.40 bits per heavy atom. The highest BCUT2D eigenvalue weighted by molar-refractivity contribution is 9.10. The fourth-order valence-corrected chi connectivity index (χ4v) is 4.50. The van der Waals surface area contributed by atoms with Crippen molar-refractivity contribution in [3.8, 4) is 0 Å². The molecular weight excluding hydrogens is 367 g/mol. The van der Waals surface area contributed by atoms with Gasteiger partial charge in [0.2, 0.25) is 10.0 Å². The minimum absolute atomic E-state index is 0.0330. The zero-order valence-electron chi connectivity index (χ0n) is 10.5. The first-order chi connectivity index (χ1) is 9.30. The molecule has 1 aromatic heterocycles. The Morgan fingerprint density at radius 2 is 2.10 bits per heavy atom. The van der Waals surface area contributed by atoms with Crippen molar-refractivity contribution in [2.45, 2.75) is 11.4 Å². The van der Waals surface area contributed by atoms with E-state index in [0.29, 0.717) is 0 Å². The molecule has 0 amide bonds. The maximum atomic E-state index is 13.2. The lowest BCUT2D eigenvalue weighted by Gasteiger charge is -2.17. The van der Waals surface area contributed by atoms with Gasteiger partial charge in [-0.15, -0.1) is 11.3 Å². The van der Waals surface area contributed by atoms with Crippen molar-refractivity contribution in [3.63, 3.8) is 0 Å². The molecule has 0 saturated heterocycles. The Hall–Kier alpha value is -0.960. The summed E-state index contributed by atoms with van der Waals surface area (Å²) < 4.78 is 40.1. The monoisotopic (exact) mass is 378 g/mol. The maximum Gasteiger partial charge on any atom is 0.245 e. The summed E-state index contributed by atoms with van der Waals surface area (Å²) in [6.45, 7) is 0.203. The number of nitrogens with zero attached hydrogens (tertiary/aromatic N) is 1. The summed E-state index contributed by atoms with van der Waals surface area (Å²) in [5.74, 6) is -0.634. The highest BCUT2D eigenvalue weighted by Gasteiger charge is 2.24. The van der Waals surface area contributed by atoms with Crippen LogP contribution in [-0.4, -0.2) is 19.8 Å². The van der Waals surface area contributed by atoms with Crippen LogP contribution in [0.2, 0.25) is 0 Å². The van der Waals surface area contributed by atoms with Gasteiger partial charge in [0.25, 0.3) is 0 Å². The molecule has 0 radical (unpaired) electrons. The molecule has 8 heteroatoms. The first-order valence-electron chi connectivity index (χ1n) is 5.55. The topological polar surface area (TPSA) is 63.4 Å². The molecule has 108 valence electrons. The smallest absolute Gasteiger partial charge is 0.245 e. The van der Waals surface area contributed by atoms with Gasteiger partial charge in [-0.05, 0) is 40.2 Å². The molecular formula is C12H12BrFN2O2S2. The molecule has 0 spiro atoms. The zero-order valence-corrected chi connectivity index (χ0v) is 13.7. The summed E-state index contributed by atoms with van der Waals surface area (Å²) in [4.78, 5) is 0.661. The summed E-state index contributed by atoms with van der Waals surface area (Å²) in [5, 5.41) is 1.87. The number of halogens is 2. The average Bonchev–Trinajstić information content (AvgIpc) is 2.77. The third-order valence-corrected chi connectivity index (χ3v) is 6.21. The predicted molar refractivity (Wildman–Crippen MR) is 81.5 cm³/mol. The van der Waals surface area contributed by atoms with Crippen LogP contribution >= 0.6 is 27.3 Å². The van der Waals surface area contributed by atoms with E-state index in [9.17, 15) is 12.8 Å². The lowest BCUT2D eigenvalue weighted by atomic mass is 10.3. The van der Waals surface area contributed by atoms with Crippen molar-refractivity contribution in [1.82, 2.24) is 4.31 Å². The van der Waals surface area contributed by atoms with Gasteiger partial charge >= 0.3 is 0 Å². The normalized spacial score (nSPS) is 12.0. The standard InChI is InChI=1S/C12H12BrFN2O2S2/c1-16(6-10-4-8(13)7-19-10)20(17,18)12-5-9(14)2-3-11(12)15/h2-5,7H,6,15H2,1H3. The molecule has 0 saturated carbocycles. The van der Waals surface area contributed by atoms with E-state index in [1.165, 1.54) is 24.5 Å². The second-order valence-electron chi connectivity index (χ2n) is 4.17. The minimum Gasteiger partial charge on any atom is -0.398 e. The molecule has 4 nitrogen and oxygen atoms in total. The number of thiophene rings is 1. The Bertz CT molecular complexity index is 731. The molecule has 0 unspecified atom stereocenters. The predicted octanol–water partition coefficient (Wildman–Crippen LogP) is 3.05. The molecule has 2 N–H and O–H groups in total. The van der Waals surface area contributed by atoms with Crippen molar-refractivity contribution >= 4 is 43.0 Å². The van der Waals surface area contributed by atoms with Crippen LogP contribution in [0.1, 0.15) is 4.88 Å². The highest BCUT2D eigenvalue weighted by atomic mass is 79.9. The SMILES string of the molecule is CN(Cc1cc(Br)cs1)S(=O)(=O)c1cc(F)ccc1N. The Labute approximate surface area is 129 Å². The second-order valence-corrected chi connectivity index (χ2v) is 8.10. The molecule has 0 aliphatic carbocycles. The van der Waals surface area contributed by atoms with E-state index in [2.05, 4.69) is 15.9 Å². The van der Waals surface area contributed by atoms with E-state index in [1.54, 1.807) is 0 Å². The minimum atomic E-state index is -3.82. The van der Waals surface area contributed by atoms with Crippen molar-refractivity contribution in [2.75, 3.05) is 12.8 Å². The van der Waals surface area contributed by atoms with Crippen molar-refractivity contribution in [1.29, 1.82) is 0 Å². The quantitative estimate of drug-likeness (QED) is 0.831. The summed E-state index contributed by atoms with van der Waals surface area (Å²) in [5.41, 5.74) is 5.67. The first kappa shape index (κ1) is 15.4. The fraction of sp³-hybridized carbons (Fsp3) is 0.167. The van der Waals surface area contributed by atoms with Crippen LogP contribution in [-0.2, 0) is 16.6 Å². The number of nitrogens with two attached hydrogens (primary N) is 1. The van der Waals surface area contributed by atoms with E-state index < -0.39 is 15.8 Å². The number of sulfonamides is 1. The van der Waals surface area contributed by atoms with E-state index >= 15 is 0 Å². The van der Waals surface area contributed by atoms with Gasteiger partial charge in [0.15, 0.2) is 0 Å². The third-order valence-electron chi connectivity index (χ3n) is 2.66. The van der Waals surface area contributed by atoms with E-state index in [1.807, 2.05) is 11.4 Å². The molecule has 0 fully saturated rings. The van der Waals surface area contributed by atoms with Crippen molar-refractivity contribution in [2.24, 2.45) is 0 Å². The van der Waals surface area contributed by atoms with Crippen molar-refractivity contribution in [3.05, 3.63) is 44.8 Å². The maximum absolute atomic E-state index is 13.2. The molecule has 0 atom stereocenters. The number of hydrogen-bond donors (Lipinski definition) is 1. The molecule has 1 heterocycles. The molecule has 0 bridgehead atoms. The number of benzene rings is 1. The summed E-state index contributed by atoms with van der Waals surface area (Å²) in [7, 11) is -2.38. The molecule has 2 rings (SSSR count). The number of nitrogen functional groups attached to an aromatic ring is 1. The van der Waals surface area contributed by atoms with Crippen LogP contribution in [0.15, 0.2) is 39.0 Å². The van der Waals surface area contributed by atoms with E-state index in [0.717, 1.165) is 25.8 Å². The number of hydrogen-bond acceptors (Lipinski definition) is 4. The Balaban J connectivity index is 2.32. The van der Waals surface area contributed by atoms with Gasteiger partial charge in [-0.25, -0.2) is 12.8 Å². The van der Waals surface area contributed by atoms with Crippen LogP contribution in [0.25, 0.3) is 0 Å². The van der Waals surface area contributed by atoms with E-state index in [4.69, 9.17) is 5.73 Å². The summed E-state index contributed by atoms with van der Waals surface area (Å²) >= 11 is 4.75. The lowest BCUT2D eigenvalue weighted by Crippen LogP contribution is -2.27. The van der Waals surface area contributed by atoms with Crippen LogP contribution in [0.5, 0.6) is 0 Å². The molecule has 0 aliphatic heterocycles. The summed E-state index contributed by atoms with van der Waals surface area (Å²) in [6, 6.07) is 5.15. The fourth-order valence-electron chi connectivity index (χ4n) is 1.64. The number of rotatable bonds is 4. The van der Waals surface area contributed by atoms with Gasteiger partial charge in [-0.2, -0.15) is 4.31 Å². The van der Waals surface area contributed by atoms with Gasteiger partial charge in [-0.1, -0.05) is 0 Å². The van der Waals surface area contributed by atoms with Gasteiger partial charge < -0.3 is 5.73 Å². The van der Waals surface area contributed by atoms with Crippen molar-refractivity contribution < 1.29 is 12.8 Å². The van der Waals surface area contributed by atoms with Gasteiger partial charge in [0.05, 0.1) is 5.69 Å². The molecule has 2 aromatic rings. The molecule has 20 heavy (non-hydrogen) atoms. The van der Waals surface area contributed by atoms with E-state index in [-0.39, 0.29) is 17.1 Å². The average molecular weight is 379 g/mol. The lowest BCUT2D eigenvalue weighted by molar-refractivity contribution is 0.469. The Kier molecular flexibility index (Phi) is 4.48. The zero-order chi connectivity index (χ0) is 14.9. The van der Waals surface area contributed by atoms with Gasteiger partial charge in [-0.3, -0.25) is 0 Å². The first-order valence-corrected chi connectivity index (χ1v) is 8.66. The molecule has 1 aromatic carbocycles. The van der Waals surface area contributed by atoms with Crippen LogP contribution in [0.4, 0.5) is 10.1 Å². The van der Waals surface area contributed by atoms with Gasteiger partial charge in [0.1, 0.15) is 10.7 Å². The highest BCUT2D eigenvalue weighted by Crippen LogP contribution is 2.26. The second kappa shape index (κ2) is 5.80. The Morgan fingerprint density at radius 3 is 2.70 bits per heavy atom. The summed E-state index contributed by atoms with van der Waals surface area (Å²) in [6.07, 6.45) is 0. The largest absolute Gasteiger partial charge is 0.398 e. The van der Waals surface area contributed by atoms with Crippen LogP contribution < -0.4 is 5.73 Å². The van der Waals surface area contributed by atoms with Crippen LogP contribution in [0.3, 0.4) is 0 Å². The third kappa shape index (κ3) is 3.20. The van der Waals surface area contributed by atoms with Crippen LogP contribution in [0, 0.1) is 5.82 Å². The molecule has 0 aliphatic rings.